The predicted octanol–water partition coefficient (Wildman–Crippen LogP) is 5.35. The van der Waals surface area contributed by atoms with E-state index in [4.69, 9.17) is 0 Å². The molecule has 0 unspecified atom stereocenters. The highest BCUT2D eigenvalue weighted by Gasteiger charge is 2.12. The number of hydrogen-bond acceptors (Lipinski definition) is 4. The number of halogens is 1. The zero-order valence-electron chi connectivity index (χ0n) is 16.7. The Morgan fingerprint density at radius 1 is 0.966 bits per heavy atom. The van der Waals surface area contributed by atoms with Crippen LogP contribution in [-0.2, 0) is 5.75 Å². The maximum absolute atomic E-state index is 13.0. The van der Waals surface area contributed by atoms with E-state index in [0.29, 0.717) is 17.2 Å². The highest BCUT2D eigenvalue weighted by atomic mass is 32.2. The van der Waals surface area contributed by atoms with Gasteiger partial charge in [-0.1, -0.05) is 37.7 Å². The number of carbonyl (C=O) groups is 1. The summed E-state index contributed by atoms with van der Waals surface area (Å²) in [6, 6.07) is 17.7. The molecule has 0 aliphatic heterocycles. The average molecular weight is 410 g/mol. The normalized spacial score (nSPS) is 12.0. The van der Waals surface area contributed by atoms with E-state index in [9.17, 15) is 9.18 Å². The van der Waals surface area contributed by atoms with Gasteiger partial charge < -0.3 is 5.32 Å². The van der Waals surface area contributed by atoms with Gasteiger partial charge in [-0.3, -0.25) is 4.79 Å². The fourth-order valence-electron chi connectivity index (χ4n) is 2.54. The molecule has 0 aliphatic rings. The molecule has 29 heavy (non-hydrogen) atoms. The summed E-state index contributed by atoms with van der Waals surface area (Å²) in [5.41, 5.74) is 3.30. The summed E-state index contributed by atoms with van der Waals surface area (Å²) in [7, 11) is 0. The molecule has 1 amide bonds. The Morgan fingerprint density at radius 2 is 1.66 bits per heavy atom. The van der Waals surface area contributed by atoms with Crippen molar-refractivity contribution in [2.75, 3.05) is 0 Å². The summed E-state index contributed by atoms with van der Waals surface area (Å²) in [6.07, 6.45) is 0. The maximum atomic E-state index is 13.0. The number of thioether (sulfide) groups is 1. The predicted molar refractivity (Wildman–Crippen MR) is 115 cm³/mol. The van der Waals surface area contributed by atoms with Gasteiger partial charge in [-0.15, -0.1) is 10.2 Å². The highest BCUT2D eigenvalue weighted by Crippen LogP contribution is 2.23. The van der Waals surface area contributed by atoms with Crippen molar-refractivity contribution in [1.82, 2.24) is 15.5 Å². The minimum atomic E-state index is -0.271. The number of aromatic nitrogens is 2. The van der Waals surface area contributed by atoms with E-state index in [1.54, 1.807) is 23.9 Å². The van der Waals surface area contributed by atoms with E-state index in [1.807, 2.05) is 43.3 Å². The molecule has 3 rings (SSSR count). The van der Waals surface area contributed by atoms with Crippen LogP contribution in [0.1, 0.15) is 36.7 Å². The van der Waals surface area contributed by atoms with Crippen molar-refractivity contribution in [2.24, 2.45) is 5.92 Å². The Hall–Kier alpha value is -2.73. The van der Waals surface area contributed by atoms with Crippen LogP contribution in [0.2, 0.25) is 0 Å². The molecule has 2 aromatic carbocycles. The summed E-state index contributed by atoms with van der Waals surface area (Å²) < 4.78 is 13.0. The van der Waals surface area contributed by atoms with Crippen LogP contribution in [0.4, 0.5) is 4.39 Å². The van der Waals surface area contributed by atoms with Crippen LogP contribution >= 0.6 is 11.8 Å². The van der Waals surface area contributed by atoms with Gasteiger partial charge in [-0.05, 0) is 66.9 Å². The molecule has 6 heteroatoms. The zero-order valence-corrected chi connectivity index (χ0v) is 17.5. The van der Waals surface area contributed by atoms with Crippen LogP contribution in [0.5, 0.6) is 0 Å². The second-order valence-corrected chi connectivity index (χ2v) is 8.25. The molecule has 150 valence electrons. The average Bonchev–Trinajstić information content (AvgIpc) is 2.73. The Morgan fingerprint density at radius 3 is 2.24 bits per heavy atom. The summed E-state index contributed by atoms with van der Waals surface area (Å²) in [5, 5.41) is 12.3. The monoisotopic (exact) mass is 409 g/mol. The summed E-state index contributed by atoms with van der Waals surface area (Å²) in [5.74, 6) is 0.805. The number of benzene rings is 2. The summed E-state index contributed by atoms with van der Waals surface area (Å²) in [4.78, 5) is 12.3. The topological polar surface area (TPSA) is 54.9 Å². The van der Waals surface area contributed by atoms with Gasteiger partial charge in [0.1, 0.15) is 10.8 Å². The SMILES string of the molecule is CC(C)[C@@H](C)NC(=O)c1ccc(CSc2ccc(-c3ccc(F)cc3)nn2)cc1. The Balaban J connectivity index is 1.56. The number of nitrogens with one attached hydrogen (secondary N) is 1. The van der Waals surface area contributed by atoms with E-state index in [1.165, 1.54) is 12.1 Å². The standard InChI is InChI=1S/C23H24FN3OS/c1-15(2)16(3)25-23(28)19-6-4-17(5-7-19)14-29-22-13-12-21(26-27-22)18-8-10-20(24)11-9-18/h4-13,15-16H,14H2,1-3H3,(H,25,28)/t16-/m1/s1. The van der Waals surface area contributed by atoms with Gasteiger partial charge in [-0.2, -0.15) is 0 Å². The smallest absolute Gasteiger partial charge is 0.251 e. The van der Waals surface area contributed by atoms with Gasteiger partial charge in [0.2, 0.25) is 0 Å². The molecule has 0 fully saturated rings. The molecule has 1 heterocycles. The quantitative estimate of drug-likeness (QED) is 0.535. The molecule has 0 bridgehead atoms. The van der Waals surface area contributed by atoms with Crippen molar-refractivity contribution in [2.45, 2.75) is 37.6 Å². The molecule has 0 aliphatic carbocycles. The molecule has 1 aromatic heterocycles. The van der Waals surface area contributed by atoms with Gasteiger partial charge >= 0.3 is 0 Å². The van der Waals surface area contributed by atoms with Crippen molar-refractivity contribution in [1.29, 1.82) is 0 Å². The molecular formula is C23H24FN3OS. The fraction of sp³-hybridized carbons (Fsp3) is 0.261. The van der Waals surface area contributed by atoms with Crippen LogP contribution in [-0.4, -0.2) is 22.1 Å². The van der Waals surface area contributed by atoms with Crippen molar-refractivity contribution in [3.8, 4) is 11.3 Å². The first-order valence-corrected chi connectivity index (χ1v) is 10.5. The zero-order chi connectivity index (χ0) is 20.8. The van der Waals surface area contributed by atoms with Crippen LogP contribution in [0.25, 0.3) is 11.3 Å². The van der Waals surface area contributed by atoms with E-state index in [0.717, 1.165) is 21.9 Å². The highest BCUT2D eigenvalue weighted by molar-refractivity contribution is 7.98. The van der Waals surface area contributed by atoms with Gasteiger partial charge in [-0.25, -0.2) is 4.39 Å². The first-order chi connectivity index (χ1) is 13.9. The number of amides is 1. The van der Waals surface area contributed by atoms with Crippen molar-refractivity contribution >= 4 is 17.7 Å². The minimum absolute atomic E-state index is 0.0485. The lowest BCUT2D eigenvalue weighted by molar-refractivity contribution is 0.0930. The molecule has 4 nitrogen and oxygen atoms in total. The van der Waals surface area contributed by atoms with Crippen LogP contribution < -0.4 is 5.32 Å². The van der Waals surface area contributed by atoms with Crippen LogP contribution in [0.3, 0.4) is 0 Å². The first kappa shape index (κ1) is 21.0. The Kier molecular flexibility index (Phi) is 6.99. The van der Waals surface area contributed by atoms with E-state index >= 15 is 0 Å². The van der Waals surface area contributed by atoms with Crippen LogP contribution in [0.15, 0.2) is 65.7 Å². The van der Waals surface area contributed by atoms with Crippen molar-refractivity contribution in [3.05, 3.63) is 77.6 Å². The van der Waals surface area contributed by atoms with Gasteiger partial charge in [0.25, 0.3) is 5.91 Å². The minimum Gasteiger partial charge on any atom is -0.349 e. The molecule has 0 saturated heterocycles. The second-order valence-electron chi connectivity index (χ2n) is 7.26. The largest absolute Gasteiger partial charge is 0.349 e. The number of hydrogen-bond donors (Lipinski definition) is 1. The molecule has 3 aromatic rings. The van der Waals surface area contributed by atoms with Gasteiger partial charge in [0.15, 0.2) is 0 Å². The molecule has 0 spiro atoms. The van der Waals surface area contributed by atoms with Crippen LogP contribution in [0, 0.1) is 11.7 Å². The Bertz CT molecular complexity index is 941. The molecule has 1 atom stereocenters. The Labute approximate surface area is 175 Å². The summed E-state index contributed by atoms with van der Waals surface area (Å²) >= 11 is 1.57. The lowest BCUT2D eigenvalue weighted by atomic mass is 10.1. The first-order valence-electron chi connectivity index (χ1n) is 9.54. The fourth-order valence-corrected chi connectivity index (χ4v) is 3.31. The van der Waals surface area contributed by atoms with Crippen molar-refractivity contribution in [3.63, 3.8) is 0 Å². The lowest BCUT2D eigenvalue weighted by Crippen LogP contribution is -2.36. The lowest BCUT2D eigenvalue weighted by Gasteiger charge is -2.17. The third-order valence-electron chi connectivity index (χ3n) is 4.74. The number of carbonyl (C=O) groups excluding carboxylic acids is 1. The molecule has 0 radical (unpaired) electrons. The third-order valence-corrected chi connectivity index (χ3v) is 5.73. The second kappa shape index (κ2) is 9.65. The van der Waals surface area contributed by atoms with E-state index < -0.39 is 0 Å². The molecule has 1 N–H and O–H groups in total. The number of nitrogens with zero attached hydrogens (tertiary/aromatic N) is 2. The summed E-state index contributed by atoms with van der Waals surface area (Å²) in [6.45, 7) is 6.18. The molecule has 0 saturated carbocycles. The van der Waals surface area contributed by atoms with Gasteiger partial charge in [0, 0.05) is 22.9 Å². The van der Waals surface area contributed by atoms with E-state index in [-0.39, 0.29) is 17.8 Å². The third kappa shape index (κ3) is 5.87. The molecular weight excluding hydrogens is 385 g/mol. The van der Waals surface area contributed by atoms with E-state index in [2.05, 4.69) is 29.4 Å². The number of rotatable bonds is 7. The van der Waals surface area contributed by atoms with Crippen molar-refractivity contribution < 1.29 is 9.18 Å². The maximum Gasteiger partial charge on any atom is 0.251 e. The van der Waals surface area contributed by atoms with Gasteiger partial charge in [0.05, 0.1) is 5.69 Å².